The molecule has 57 heavy (non-hydrogen) atoms. The number of fused-ring (bicyclic) bond motifs is 11. The van der Waals surface area contributed by atoms with E-state index in [1.54, 1.807) is 0 Å². The minimum atomic E-state index is 0.870. The molecule has 266 valence electrons. The minimum Gasteiger partial charge on any atom is -0.455 e. The van der Waals surface area contributed by atoms with Crippen LogP contribution in [-0.2, 0) is 0 Å². The number of hydrogen-bond donors (Lipinski definition) is 0. The Balaban J connectivity index is 1.15. The highest BCUT2D eigenvalue weighted by molar-refractivity contribution is 6.23. The van der Waals surface area contributed by atoms with Crippen LogP contribution in [0.2, 0.25) is 0 Å². The van der Waals surface area contributed by atoms with Crippen molar-refractivity contribution in [1.29, 1.82) is 0 Å². The van der Waals surface area contributed by atoms with Gasteiger partial charge in [-0.2, -0.15) is 0 Å². The van der Waals surface area contributed by atoms with Crippen molar-refractivity contribution >= 4 is 93.1 Å². The summed E-state index contributed by atoms with van der Waals surface area (Å²) in [5, 5.41) is 11.8. The van der Waals surface area contributed by atoms with Gasteiger partial charge in [-0.05, 0) is 93.3 Å². The maximum absolute atomic E-state index is 6.70. The van der Waals surface area contributed by atoms with Gasteiger partial charge >= 0.3 is 0 Å². The predicted octanol–water partition coefficient (Wildman–Crippen LogP) is 15.3. The van der Waals surface area contributed by atoms with Crippen LogP contribution in [0.4, 0.5) is 17.1 Å². The van der Waals surface area contributed by atoms with E-state index in [0.717, 1.165) is 55.6 Å². The topological polar surface area (TPSA) is 21.3 Å². The van der Waals surface area contributed by atoms with Crippen LogP contribution in [0.5, 0.6) is 0 Å². The van der Waals surface area contributed by atoms with E-state index in [2.05, 4.69) is 216 Å². The molecule has 12 aromatic rings. The molecule has 10 aromatic carbocycles. The van der Waals surface area contributed by atoms with E-state index in [1.807, 2.05) is 0 Å². The summed E-state index contributed by atoms with van der Waals surface area (Å²) in [6.45, 7) is 0. The number of anilines is 3. The third-order valence-electron chi connectivity index (χ3n) is 11.7. The van der Waals surface area contributed by atoms with Gasteiger partial charge in [0.25, 0.3) is 0 Å². The molecule has 0 atom stereocenters. The van der Waals surface area contributed by atoms with E-state index in [9.17, 15) is 0 Å². The van der Waals surface area contributed by atoms with Crippen molar-refractivity contribution in [3.8, 4) is 16.8 Å². The molecule has 12 rings (SSSR count). The third-order valence-corrected chi connectivity index (χ3v) is 11.7. The van der Waals surface area contributed by atoms with E-state index in [0.29, 0.717) is 0 Å². The van der Waals surface area contributed by atoms with Crippen molar-refractivity contribution in [3.05, 3.63) is 206 Å². The molecule has 0 N–H and O–H groups in total. The Bertz CT molecular complexity index is 3520. The summed E-state index contributed by atoms with van der Waals surface area (Å²) in [6, 6.07) is 74.5. The summed E-state index contributed by atoms with van der Waals surface area (Å²) >= 11 is 0. The number of furan rings is 1. The van der Waals surface area contributed by atoms with Crippen molar-refractivity contribution in [3.63, 3.8) is 0 Å². The van der Waals surface area contributed by atoms with Gasteiger partial charge in [0.2, 0.25) is 0 Å². The standard InChI is InChI=1S/C54H34N2O/c1-3-14-35(15-4-1)40-30-33-47(44-23-12-11-22-43(40)44)56-48-32-28-39(34-46(48)52-41-20-9-7-16-36(41)27-31-50(52)56)55(38-18-5-2-6-19-38)49-24-13-25-51-53(49)45-29-26-37-17-8-10-21-42(37)54(45)57-51/h1-34H. The molecule has 0 unspecified atom stereocenters. The Morgan fingerprint density at radius 2 is 1.05 bits per heavy atom. The van der Waals surface area contributed by atoms with Crippen LogP contribution in [0.3, 0.4) is 0 Å². The number of hydrogen-bond acceptors (Lipinski definition) is 2. The fourth-order valence-corrected chi connectivity index (χ4v) is 9.25. The highest BCUT2D eigenvalue weighted by Gasteiger charge is 2.23. The molecule has 3 heteroatoms. The number of para-hydroxylation sites is 1. The maximum atomic E-state index is 6.70. The second kappa shape index (κ2) is 12.5. The summed E-state index contributed by atoms with van der Waals surface area (Å²) in [5.74, 6) is 0. The fraction of sp³-hybridized carbons (Fsp3) is 0. The van der Waals surface area contributed by atoms with Crippen LogP contribution in [0, 0.1) is 0 Å². The molecule has 0 amide bonds. The summed E-state index contributed by atoms with van der Waals surface area (Å²) < 4.78 is 9.17. The van der Waals surface area contributed by atoms with Crippen LogP contribution < -0.4 is 4.90 Å². The first kappa shape index (κ1) is 31.7. The zero-order valence-electron chi connectivity index (χ0n) is 30.9. The van der Waals surface area contributed by atoms with Crippen molar-refractivity contribution in [2.45, 2.75) is 0 Å². The summed E-state index contributed by atoms with van der Waals surface area (Å²) in [4.78, 5) is 2.39. The molecule has 0 aliphatic rings. The van der Waals surface area contributed by atoms with Gasteiger partial charge in [-0.25, -0.2) is 0 Å². The lowest BCUT2D eigenvalue weighted by Crippen LogP contribution is -2.10. The zero-order chi connectivity index (χ0) is 37.5. The van der Waals surface area contributed by atoms with Crippen molar-refractivity contribution in [2.75, 3.05) is 4.90 Å². The average molecular weight is 727 g/mol. The van der Waals surface area contributed by atoms with Gasteiger partial charge in [0, 0.05) is 38.3 Å². The lowest BCUT2D eigenvalue weighted by Gasteiger charge is -2.26. The maximum Gasteiger partial charge on any atom is 0.143 e. The van der Waals surface area contributed by atoms with Crippen LogP contribution in [0.1, 0.15) is 0 Å². The Kier molecular flexibility index (Phi) is 6.93. The normalized spacial score (nSPS) is 11.9. The van der Waals surface area contributed by atoms with Crippen LogP contribution in [0.15, 0.2) is 211 Å². The molecule has 0 saturated heterocycles. The largest absolute Gasteiger partial charge is 0.455 e. The molecular formula is C54H34N2O. The predicted molar refractivity (Wildman–Crippen MR) is 241 cm³/mol. The van der Waals surface area contributed by atoms with E-state index < -0.39 is 0 Å². The molecule has 3 nitrogen and oxygen atoms in total. The number of nitrogens with zero attached hydrogens (tertiary/aromatic N) is 2. The van der Waals surface area contributed by atoms with Gasteiger partial charge in [-0.1, -0.05) is 146 Å². The second-order valence-electron chi connectivity index (χ2n) is 14.8. The minimum absolute atomic E-state index is 0.870. The molecule has 0 spiro atoms. The SMILES string of the molecule is c1ccc(-c2ccc(-n3c4ccc(N(c5ccccc5)c5cccc6oc7c8ccccc8ccc7c56)cc4c4c5ccccc5ccc43)c3ccccc23)cc1. The first-order chi connectivity index (χ1) is 28.3. The monoisotopic (exact) mass is 726 g/mol. The van der Waals surface area contributed by atoms with Crippen LogP contribution >= 0.6 is 0 Å². The molecular weight excluding hydrogens is 693 g/mol. The molecule has 0 aliphatic heterocycles. The fourth-order valence-electron chi connectivity index (χ4n) is 9.25. The van der Waals surface area contributed by atoms with E-state index in [-0.39, 0.29) is 0 Å². The first-order valence-electron chi connectivity index (χ1n) is 19.5. The number of aromatic nitrogens is 1. The number of benzene rings is 10. The quantitative estimate of drug-likeness (QED) is 0.176. The average Bonchev–Trinajstić information content (AvgIpc) is 3.83. The molecule has 0 fully saturated rings. The zero-order valence-corrected chi connectivity index (χ0v) is 30.9. The molecule has 2 heterocycles. The Hall–Kier alpha value is -7.62. The van der Waals surface area contributed by atoms with Crippen molar-refractivity contribution in [2.24, 2.45) is 0 Å². The summed E-state index contributed by atoms with van der Waals surface area (Å²) in [6.07, 6.45) is 0. The summed E-state index contributed by atoms with van der Waals surface area (Å²) in [7, 11) is 0. The third kappa shape index (κ3) is 4.79. The highest BCUT2D eigenvalue weighted by Crippen LogP contribution is 2.47. The second-order valence-corrected chi connectivity index (χ2v) is 14.8. The van der Waals surface area contributed by atoms with E-state index in [4.69, 9.17) is 4.42 Å². The molecule has 0 saturated carbocycles. The van der Waals surface area contributed by atoms with Gasteiger partial charge in [0.1, 0.15) is 11.2 Å². The van der Waals surface area contributed by atoms with E-state index >= 15 is 0 Å². The Labute approximate surface area is 328 Å². The Morgan fingerprint density at radius 3 is 1.88 bits per heavy atom. The van der Waals surface area contributed by atoms with Crippen molar-refractivity contribution in [1.82, 2.24) is 4.57 Å². The van der Waals surface area contributed by atoms with Gasteiger partial charge in [0.05, 0.1) is 27.8 Å². The first-order valence-corrected chi connectivity index (χ1v) is 19.5. The molecule has 2 aromatic heterocycles. The van der Waals surface area contributed by atoms with Crippen LogP contribution in [-0.4, -0.2) is 4.57 Å². The van der Waals surface area contributed by atoms with Gasteiger partial charge in [-0.15, -0.1) is 0 Å². The molecule has 0 aliphatic carbocycles. The Morgan fingerprint density at radius 1 is 0.386 bits per heavy atom. The van der Waals surface area contributed by atoms with Crippen LogP contribution in [0.25, 0.3) is 92.9 Å². The van der Waals surface area contributed by atoms with Crippen molar-refractivity contribution < 1.29 is 4.42 Å². The highest BCUT2D eigenvalue weighted by atomic mass is 16.3. The number of rotatable bonds is 5. The van der Waals surface area contributed by atoms with E-state index in [1.165, 1.54) is 54.3 Å². The van der Waals surface area contributed by atoms with Gasteiger partial charge in [-0.3, -0.25) is 0 Å². The lowest BCUT2D eigenvalue weighted by atomic mass is 9.97. The molecule has 0 bridgehead atoms. The lowest BCUT2D eigenvalue weighted by molar-refractivity contribution is 0.672. The summed E-state index contributed by atoms with van der Waals surface area (Å²) in [5.41, 5.74) is 11.0. The van der Waals surface area contributed by atoms with Gasteiger partial charge < -0.3 is 13.9 Å². The smallest absolute Gasteiger partial charge is 0.143 e. The molecule has 0 radical (unpaired) electrons. The van der Waals surface area contributed by atoms with Gasteiger partial charge in [0.15, 0.2) is 0 Å².